The summed E-state index contributed by atoms with van der Waals surface area (Å²) < 4.78 is 136. The molecule has 0 spiro atoms. The summed E-state index contributed by atoms with van der Waals surface area (Å²) in [5.74, 6) is -2.05. The molecule has 0 radical (unpaired) electrons. The van der Waals surface area contributed by atoms with E-state index in [9.17, 15) is 43.5 Å². The number of guanidine groups is 1. The molecule has 14 heteroatoms. The normalized spacial score (nSPS) is 24.5. The highest BCUT2D eigenvalue weighted by atomic mass is 32.2. The zero-order chi connectivity index (χ0) is 29.2. The van der Waals surface area contributed by atoms with Crippen LogP contribution >= 0.6 is 0 Å². The molecule has 4 rings (SSSR count). The number of nitrogens with zero attached hydrogens (tertiary/aromatic N) is 1. The minimum Gasteiger partial charge on any atom is -0.370 e. The third kappa shape index (κ3) is 4.34. The van der Waals surface area contributed by atoms with E-state index in [2.05, 4.69) is 4.99 Å². The van der Waals surface area contributed by atoms with E-state index < -0.39 is 61.9 Å². The van der Waals surface area contributed by atoms with Gasteiger partial charge in [0.15, 0.2) is 15.8 Å². The van der Waals surface area contributed by atoms with Crippen molar-refractivity contribution in [3.05, 3.63) is 65.0 Å². The van der Waals surface area contributed by atoms with Gasteiger partial charge in [0.05, 0.1) is 10.9 Å². The Balaban J connectivity index is 1.96. The van der Waals surface area contributed by atoms with Crippen LogP contribution in [0, 0.1) is 17.7 Å². The van der Waals surface area contributed by atoms with Crippen LogP contribution in [0.25, 0.3) is 0 Å². The molecule has 5 nitrogen and oxygen atoms in total. The Labute approximate surface area is 219 Å². The van der Waals surface area contributed by atoms with Crippen molar-refractivity contribution in [1.29, 1.82) is 0 Å². The predicted molar refractivity (Wildman–Crippen MR) is 126 cm³/mol. The number of aryl methyl sites for hydroxylation is 1. The smallest absolute Gasteiger partial charge is 0.370 e. The lowest BCUT2D eigenvalue weighted by Crippen LogP contribution is -2.51. The van der Waals surface area contributed by atoms with Crippen LogP contribution in [-0.4, -0.2) is 32.8 Å². The van der Waals surface area contributed by atoms with Gasteiger partial charge in [-0.3, -0.25) is 4.99 Å². The van der Waals surface area contributed by atoms with E-state index in [1.54, 1.807) is 6.92 Å². The van der Waals surface area contributed by atoms with Crippen molar-refractivity contribution in [3.8, 4) is 0 Å². The molecular formula is C25H25F8N3O2S. The summed E-state index contributed by atoms with van der Waals surface area (Å²) in [6.07, 6.45) is -12.5. The Kier molecular flexibility index (Phi) is 6.97. The number of sulfone groups is 1. The van der Waals surface area contributed by atoms with E-state index in [1.807, 2.05) is 0 Å². The molecule has 2 aromatic rings. The van der Waals surface area contributed by atoms with Crippen LogP contribution in [0.4, 0.5) is 35.1 Å². The van der Waals surface area contributed by atoms with Crippen LogP contribution in [0.2, 0.25) is 0 Å². The molecule has 214 valence electrons. The van der Waals surface area contributed by atoms with E-state index >= 15 is 0 Å². The lowest BCUT2D eigenvalue weighted by molar-refractivity contribution is -0.348. The molecule has 0 amide bonds. The summed E-state index contributed by atoms with van der Waals surface area (Å²) >= 11 is 0. The van der Waals surface area contributed by atoms with Gasteiger partial charge < -0.3 is 11.5 Å². The third-order valence-electron chi connectivity index (χ3n) is 8.01. The molecule has 4 atom stereocenters. The fourth-order valence-electron chi connectivity index (χ4n) is 6.33. The van der Waals surface area contributed by atoms with Gasteiger partial charge in [0.2, 0.25) is 0 Å². The first kappa shape index (κ1) is 29.1. The first-order valence-corrected chi connectivity index (χ1v) is 13.4. The number of nitrogens with two attached hydrogens (primary N) is 2. The average Bonchev–Trinajstić information content (AvgIpc) is 3.23. The highest BCUT2D eigenvalue weighted by Crippen LogP contribution is 2.61. The molecule has 39 heavy (non-hydrogen) atoms. The maximum absolute atomic E-state index is 14.9. The minimum absolute atomic E-state index is 0.0158. The minimum atomic E-state index is -6.32. The molecule has 2 aliphatic carbocycles. The summed E-state index contributed by atoms with van der Waals surface area (Å²) in [4.78, 5) is 3.86. The Morgan fingerprint density at radius 3 is 2.10 bits per heavy atom. The monoisotopic (exact) mass is 583 g/mol. The molecule has 1 fully saturated rings. The van der Waals surface area contributed by atoms with Crippen molar-refractivity contribution in [2.24, 2.45) is 28.3 Å². The first-order valence-electron chi connectivity index (χ1n) is 11.9. The number of hydrogen-bond acceptors (Lipinski definition) is 3. The fourth-order valence-corrected chi connectivity index (χ4v) is 8.81. The molecule has 2 aliphatic rings. The van der Waals surface area contributed by atoms with Gasteiger partial charge in [-0.1, -0.05) is 18.2 Å². The van der Waals surface area contributed by atoms with Gasteiger partial charge in [-0.2, -0.15) is 26.3 Å². The van der Waals surface area contributed by atoms with E-state index in [4.69, 9.17) is 11.5 Å². The standard InChI is InChI=1S/C25H25F8N3O2S/c1-13(36-21(34)35)18-10-11-22(39(37,38)17-6-4-16(26)5-7-17)19-9-3-15(12-14(19)2-8-20(18)22)23(27,24(28,29)30)25(31,32)33/h3-7,9,12-13,18,20H,2,8,10-11H2,1H3,(H4,34,35,36)/t13?,18-,20-,22+/m0/s1. The molecular weight excluding hydrogens is 558 g/mol. The number of aliphatic imine (C=N–C) groups is 1. The van der Waals surface area contributed by atoms with Crippen LogP contribution in [0.15, 0.2) is 52.4 Å². The Hall–Kier alpha value is -2.90. The van der Waals surface area contributed by atoms with Gasteiger partial charge in [0, 0.05) is 5.56 Å². The number of fused-ring (bicyclic) bond motifs is 3. The summed E-state index contributed by atoms with van der Waals surface area (Å²) in [5.41, 5.74) is 3.53. The summed E-state index contributed by atoms with van der Waals surface area (Å²) in [6.45, 7) is 1.67. The van der Waals surface area contributed by atoms with Gasteiger partial charge in [-0.25, -0.2) is 17.2 Å². The van der Waals surface area contributed by atoms with Crippen LogP contribution in [-0.2, 0) is 26.7 Å². The van der Waals surface area contributed by atoms with Crippen molar-refractivity contribution in [1.82, 2.24) is 0 Å². The van der Waals surface area contributed by atoms with Crippen LogP contribution in [0.5, 0.6) is 0 Å². The largest absolute Gasteiger partial charge is 0.435 e. The van der Waals surface area contributed by atoms with Crippen LogP contribution < -0.4 is 11.5 Å². The quantitative estimate of drug-likeness (QED) is 0.213. The number of benzene rings is 2. The predicted octanol–water partition coefficient (Wildman–Crippen LogP) is 5.42. The highest BCUT2D eigenvalue weighted by molar-refractivity contribution is 7.92. The average molecular weight is 584 g/mol. The highest BCUT2D eigenvalue weighted by Gasteiger charge is 2.73. The van der Waals surface area contributed by atoms with E-state index in [1.165, 1.54) is 0 Å². The van der Waals surface area contributed by atoms with Crippen molar-refractivity contribution in [2.75, 3.05) is 0 Å². The van der Waals surface area contributed by atoms with Crippen molar-refractivity contribution in [3.63, 3.8) is 0 Å². The molecule has 0 saturated heterocycles. The number of rotatable bonds is 5. The molecule has 0 bridgehead atoms. The maximum Gasteiger partial charge on any atom is 0.435 e. The van der Waals surface area contributed by atoms with Gasteiger partial charge >= 0.3 is 18.0 Å². The second-order valence-corrected chi connectivity index (χ2v) is 12.2. The van der Waals surface area contributed by atoms with Crippen LogP contribution in [0.3, 0.4) is 0 Å². The third-order valence-corrected chi connectivity index (χ3v) is 10.6. The molecule has 0 heterocycles. The number of hydrogen-bond donors (Lipinski definition) is 2. The Morgan fingerprint density at radius 2 is 1.56 bits per heavy atom. The van der Waals surface area contributed by atoms with Gasteiger partial charge in [-0.05, 0) is 79.8 Å². The van der Waals surface area contributed by atoms with Crippen LogP contribution in [0.1, 0.15) is 42.9 Å². The summed E-state index contributed by atoms with van der Waals surface area (Å²) in [6, 6.07) is 5.06. The van der Waals surface area contributed by atoms with Crippen molar-refractivity contribution < 1.29 is 43.5 Å². The molecule has 2 aromatic carbocycles. The molecule has 1 saturated carbocycles. The van der Waals surface area contributed by atoms with Crippen molar-refractivity contribution in [2.45, 2.75) is 66.3 Å². The Bertz CT molecular complexity index is 1370. The lowest BCUT2D eigenvalue weighted by atomic mass is 9.71. The molecule has 1 unspecified atom stereocenters. The second kappa shape index (κ2) is 9.34. The fraction of sp³-hybridized carbons (Fsp3) is 0.480. The number of alkyl halides is 7. The zero-order valence-corrected chi connectivity index (χ0v) is 21.3. The van der Waals surface area contributed by atoms with Gasteiger partial charge in [-0.15, -0.1) is 0 Å². The lowest BCUT2D eigenvalue weighted by Gasteiger charge is -2.43. The van der Waals surface area contributed by atoms with E-state index in [0.29, 0.717) is 12.1 Å². The van der Waals surface area contributed by atoms with Gasteiger partial charge in [0.25, 0.3) is 0 Å². The molecule has 0 aliphatic heterocycles. The van der Waals surface area contributed by atoms with E-state index in [-0.39, 0.29) is 47.7 Å². The van der Waals surface area contributed by atoms with Crippen molar-refractivity contribution >= 4 is 15.8 Å². The zero-order valence-electron chi connectivity index (χ0n) is 20.5. The SMILES string of the molecule is CC(N=C(N)N)[C@@H]1CC[C@@]2(S(=O)(=O)c3ccc(F)cc3)c3ccc(C(F)(C(F)(F)F)C(F)(F)F)cc3CC[C@@H]12. The topological polar surface area (TPSA) is 98.5 Å². The summed E-state index contributed by atoms with van der Waals surface area (Å²) in [5, 5.41) is 0. The molecule has 0 aromatic heterocycles. The van der Waals surface area contributed by atoms with Gasteiger partial charge in [0.1, 0.15) is 10.6 Å². The Morgan fingerprint density at radius 1 is 0.974 bits per heavy atom. The molecule has 4 N–H and O–H groups in total. The maximum atomic E-state index is 14.9. The number of halogens is 8. The summed E-state index contributed by atoms with van der Waals surface area (Å²) in [7, 11) is -4.41. The first-order chi connectivity index (χ1) is 17.9. The van der Waals surface area contributed by atoms with E-state index in [0.717, 1.165) is 30.3 Å². The second-order valence-electron chi connectivity index (χ2n) is 10.0.